The van der Waals surface area contributed by atoms with Gasteiger partial charge >= 0.3 is 6.18 Å². The summed E-state index contributed by atoms with van der Waals surface area (Å²) in [5, 5.41) is 5.97. The summed E-state index contributed by atoms with van der Waals surface area (Å²) in [6.45, 7) is 4.19. The summed E-state index contributed by atoms with van der Waals surface area (Å²) in [6.07, 6.45) is -2.15. The summed E-state index contributed by atoms with van der Waals surface area (Å²) in [5.41, 5.74) is -0.923. The minimum absolute atomic E-state index is 0.0507. The number of ether oxygens (including phenoxy) is 2. The Morgan fingerprint density at radius 3 is 2.41 bits per heavy atom. The number of hydrogen-bond donors (Lipinski definition) is 1. The zero-order valence-corrected chi connectivity index (χ0v) is 19.4. The van der Waals surface area contributed by atoms with Gasteiger partial charge in [0, 0.05) is 38.6 Å². The van der Waals surface area contributed by atoms with Gasteiger partial charge in [0.05, 0.1) is 36.3 Å². The molecule has 3 rings (SSSR count). The van der Waals surface area contributed by atoms with Crippen molar-refractivity contribution in [1.82, 2.24) is 24.5 Å². The van der Waals surface area contributed by atoms with Gasteiger partial charge in [0.2, 0.25) is 16.0 Å². The number of hydrogen-bond acceptors (Lipinski definition) is 9. The molecular formula is C19H25F3N6O5S. The van der Waals surface area contributed by atoms with Crippen molar-refractivity contribution >= 4 is 16.0 Å². The summed E-state index contributed by atoms with van der Waals surface area (Å²) < 4.78 is 75.5. The van der Waals surface area contributed by atoms with Crippen molar-refractivity contribution in [2.24, 2.45) is 0 Å². The van der Waals surface area contributed by atoms with Crippen LogP contribution < -0.4 is 15.2 Å². The molecule has 2 aromatic rings. The predicted molar refractivity (Wildman–Crippen MR) is 115 cm³/mol. The van der Waals surface area contributed by atoms with E-state index in [0.717, 1.165) is 0 Å². The maximum atomic E-state index is 12.6. The third kappa shape index (κ3) is 6.64. The van der Waals surface area contributed by atoms with E-state index in [0.29, 0.717) is 23.7 Å². The van der Waals surface area contributed by atoms with E-state index < -0.39 is 27.9 Å². The lowest BCUT2D eigenvalue weighted by molar-refractivity contribution is -0.138. The van der Waals surface area contributed by atoms with Crippen LogP contribution in [0.1, 0.15) is 18.1 Å². The van der Waals surface area contributed by atoms with E-state index in [4.69, 9.17) is 9.47 Å². The topological polar surface area (TPSA) is 131 Å². The molecule has 34 heavy (non-hydrogen) atoms. The van der Waals surface area contributed by atoms with Crippen molar-refractivity contribution in [2.75, 3.05) is 50.0 Å². The van der Waals surface area contributed by atoms with Gasteiger partial charge in [0.1, 0.15) is 11.9 Å². The van der Waals surface area contributed by atoms with E-state index in [2.05, 4.69) is 20.2 Å². The Hall–Kier alpha value is -2.78. The zero-order chi connectivity index (χ0) is 24.9. The van der Waals surface area contributed by atoms with Gasteiger partial charge in [0.25, 0.3) is 5.56 Å². The summed E-state index contributed by atoms with van der Waals surface area (Å²) in [5.74, 6) is 0.206. The second kappa shape index (κ2) is 10.7. The number of anilines is 1. The van der Waals surface area contributed by atoms with Gasteiger partial charge in [-0.2, -0.15) is 22.6 Å². The Morgan fingerprint density at radius 1 is 1.15 bits per heavy atom. The summed E-state index contributed by atoms with van der Waals surface area (Å²) >= 11 is 0. The zero-order valence-electron chi connectivity index (χ0n) is 18.6. The highest BCUT2D eigenvalue weighted by Crippen LogP contribution is 2.28. The van der Waals surface area contributed by atoms with Crippen LogP contribution in [0, 0.1) is 6.92 Å². The van der Waals surface area contributed by atoms with E-state index in [1.165, 1.54) is 10.5 Å². The quantitative estimate of drug-likeness (QED) is 0.491. The van der Waals surface area contributed by atoms with Crippen LogP contribution in [0.5, 0.6) is 5.75 Å². The lowest BCUT2D eigenvalue weighted by atomic mass is 10.3. The predicted octanol–water partition coefficient (Wildman–Crippen LogP) is 0.823. The number of rotatable bonds is 9. The molecule has 0 amide bonds. The van der Waals surface area contributed by atoms with Crippen molar-refractivity contribution in [1.29, 1.82) is 0 Å². The second-order valence-electron chi connectivity index (χ2n) is 7.66. The molecule has 0 unspecified atom stereocenters. The average Bonchev–Trinajstić information content (AvgIpc) is 2.79. The molecule has 1 atom stereocenters. The summed E-state index contributed by atoms with van der Waals surface area (Å²) in [7, 11) is -3.59. The number of nitrogens with one attached hydrogen (secondary N) is 1. The Bertz CT molecular complexity index is 1120. The van der Waals surface area contributed by atoms with Gasteiger partial charge in [-0.25, -0.2) is 23.5 Å². The average molecular weight is 507 g/mol. The van der Waals surface area contributed by atoms with Crippen LogP contribution in [0.25, 0.3) is 0 Å². The highest BCUT2D eigenvalue weighted by Gasteiger charge is 2.32. The monoisotopic (exact) mass is 506 g/mol. The van der Waals surface area contributed by atoms with E-state index >= 15 is 0 Å². The Labute approximate surface area is 194 Å². The highest BCUT2D eigenvalue weighted by atomic mass is 32.2. The maximum absolute atomic E-state index is 12.6. The smallest absolute Gasteiger partial charge is 0.419 e. The standard InChI is InChI=1S/C19H25F3N6O5S/c1-13(33-16-11-25-26-17(29)14(16)2)12-32-7-8-34(30,31)28-5-3-27(4-6-28)18-23-9-15(10-24-18)19(20,21)22/h9-11,13H,3-8,12H2,1-2H3,(H,26,29)/t13-/m0/s1. The van der Waals surface area contributed by atoms with Crippen molar-refractivity contribution in [3.05, 3.63) is 40.1 Å². The number of halogens is 3. The maximum Gasteiger partial charge on any atom is 0.419 e. The number of H-pyrrole nitrogens is 1. The Balaban J connectivity index is 1.42. The number of alkyl halides is 3. The van der Waals surface area contributed by atoms with Crippen LogP contribution in [0.2, 0.25) is 0 Å². The highest BCUT2D eigenvalue weighted by molar-refractivity contribution is 7.89. The van der Waals surface area contributed by atoms with Gasteiger partial charge in [-0.05, 0) is 13.8 Å². The largest absolute Gasteiger partial charge is 0.486 e. The SMILES string of the molecule is Cc1c(O[C@@H](C)COCCS(=O)(=O)N2CCN(c3ncc(C(F)(F)F)cn3)CC2)cn[nH]c1=O. The van der Waals surface area contributed by atoms with Gasteiger partial charge in [-0.3, -0.25) is 4.79 Å². The molecule has 0 aromatic carbocycles. The fourth-order valence-electron chi connectivity index (χ4n) is 3.15. The van der Waals surface area contributed by atoms with Crippen LogP contribution in [-0.4, -0.2) is 84.1 Å². The Kier molecular flexibility index (Phi) is 8.09. The third-order valence-corrected chi connectivity index (χ3v) is 6.94. The lowest BCUT2D eigenvalue weighted by Crippen LogP contribution is -2.50. The first-order chi connectivity index (χ1) is 16.0. The van der Waals surface area contributed by atoms with Crippen molar-refractivity contribution in [3.8, 4) is 5.75 Å². The molecule has 1 saturated heterocycles. The van der Waals surface area contributed by atoms with Crippen LogP contribution in [-0.2, 0) is 20.9 Å². The van der Waals surface area contributed by atoms with Gasteiger partial charge in [0.15, 0.2) is 0 Å². The molecule has 0 radical (unpaired) electrons. The fourth-order valence-corrected chi connectivity index (χ4v) is 4.46. The van der Waals surface area contributed by atoms with Crippen molar-refractivity contribution in [3.63, 3.8) is 0 Å². The molecule has 188 valence electrons. The molecule has 0 saturated carbocycles. The minimum Gasteiger partial charge on any atom is -0.486 e. The molecule has 11 nitrogen and oxygen atoms in total. The molecule has 15 heteroatoms. The van der Waals surface area contributed by atoms with Crippen LogP contribution >= 0.6 is 0 Å². The van der Waals surface area contributed by atoms with Gasteiger partial charge in [-0.15, -0.1) is 0 Å². The molecule has 3 heterocycles. The first-order valence-corrected chi connectivity index (χ1v) is 12.0. The summed E-state index contributed by atoms with van der Waals surface area (Å²) in [6, 6.07) is 0. The first kappa shape index (κ1) is 25.8. The molecule has 0 spiro atoms. The molecule has 0 aliphatic carbocycles. The normalized spacial score (nSPS) is 16.4. The van der Waals surface area contributed by atoms with Crippen LogP contribution in [0.3, 0.4) is 0 Å². The van der Waals surface area contributed by atoms with Crippen LogP contribution in [0.15, 0.2) is 23.4 Å². The van der Waals surface area contributed by atoms with E-state index in [9.17, 15) is 26.4 Å². The lowest BCUT2D eigenvalue weighted by Gasteiger charge is -2.34. The van der Waals surface area contributed by atoms with Gasteiger partial charge in [-0.1, -0.05) is 0 Å². The number of aromatic amines is 1. The molecule has 1 N–H and O–H groups in total. The minimum atomic E-state index is -4.52. The first-order valence-electron chi connectivity index (χ1n) is 10.4. The molecule has 0 bridgehead atoms. The molecule has 1 fully saturated rings. The fraction of sp³-hybridized carbons (Fsp3) is 0.579. The molecular weight excluding hydrogens is 481 g/mol. The number of piperazine rings is 1. The number of aromatic nitrogens is 4. The second-order valence-corrected chi connectivity index (χ2v) is 9.75. The number of sulfonamides is 1. The van der Waals surface area contributed by atoms with E-state index in [1.54, 1.807) is 18.7 Å². The Morgan fingerprint density at radius 2 is 1.79 bits per heavy atom. The van der Waals surface area contributed by atoms with Crippen molar-refractivity contribution in [2.45, 2.75) is 26.1 Å². The van der Waals surface area contributed by atoms with Crippen molar-refractivity contribution < 1.29 is 31.1 Å². The summed E-state index contributed by atoms with van der Waals surface area (Å²) in [4.78, 5) is 20.7. The number of nitrogens with zero attached hydrogens (tertiary/aromatic N) is 5. The van der Waals surface area contributed by atoms with Crippen LogP contribution in [0.4, 0.5) is 19.1 Å². The molecule has 2 aromatic heterocycles. The third-order valence-electron chi connectivity index (χ3n) is 5.10. The van der Waals surface area contributed by atoms with Gasteiger partial charge < -0.3 is 14.4 Å². The molecule has 1 aliphatic heterocycles. The molecule has 1 aliphatic rings. The van der Waals surface area contributed by atoms with E-state index in [-0.39, 0.29) is 56.7 Å². The van der Waals surface area contributed by atoms with E-state index in [1.807, 2.05) is 0 Å².